The predicted molar refractivity (Wildman–Crippen MR) is 105 cm³/mol. The minimum Gasteiger partial charge on any atom is -0.619 e. The lowest BCUT2D eigenvalue weighted by Gasteiger charge is -2.29. The van der Waals surface area contributed by atoms with Gasteiger partial charge in [-0.1, -0.05) is 6.07 Å². The molecule has 0 spiro atoms. The molecule has 1 aliphatic heterocycles. The molecule has 1 aliphatic rings. The van der Waals surface area contributed by atoms with Crippen LogP contribution in [0.15, 0.2) is 36.5 Å². The van der Waals surface area contributed by atoms with E-state index in [0.717, 1.165) is 6.07 Å². The van der Waals surface area contributed by atoms with Gasteiger partial charge in [0, 0.05) is 43.8 Å². The van der Waals surface area contributed by atoms with Gasteiger partial charge in [0.2, 0.25) is 11.8 Å². The molecule has 0 aliphatic carbocycles. The average Bonchev–Trinajstić information content (AvgIpc) is 2.89. The van der Waals surface area contributed by atoms with Crippen LogP contribution in [-0.4, -0.2) is 41.9 Å². The fourth-order valence-corrected chi connectivity index (χ4v) is 3.61. The molecule has 1 aromatic heterocycles. The van der Waals surface area contributed by atoms with Gasteiger partial charge in [0.05, 0.1) is 6.42 Å². The molecule has 166 valence electrons. The predicted octanol–water partition coefficient (Wildman–Crippen LogP) is 0.957. The van der Waals surface area contributed by atoms with Gasteiger partial charge < -0.3 is 21.2 Å². The van der Waals surface area contributed by atoms with Crippen LogP contribution in [0.4, 0.5) is 13.2 Å². The summed E-state index contributed by atoms with van der Waals surface area (Å²) in [5, 5.41) is 14.7. The molecule has 0 radical (unpaired) electrons. The van der Waals surface area contributed by atoms with Crippen LogP contribution >= 0.6 is 0 Å². The van der Waals surface area contributed by atoms with Gasteiger partial charge >= 0.3 is 0 Å². The maximum absolute atomic E-state index is 13.9. The Hall–Kier alpha value is -3.14. The second kappa shape index (κ2) is 9.78. The molecular weight excluding hydrogens is 413 g/mol. The number of benzene rings is 1. The van der Waals surface area contributed by atoms with Crippen molar-refractivity contribution in [3.05, 3.63) is 70.4 Å². The molecule has 1 saturated heterocycles. The molecule has 2 heterocycles. The Bertz CT molecular complexity index is 973. The van der Waals surface area contributed by atoms with Gasteiger partial charge in [0.15, 0.2) is 23.5 Å². The third-order valence-corrected chi connectivity index (χ3v) is 5.19. The zero-order valence-electron chi connectivity index (χ0n) is 16.7. The number of nitrogens with two attached hydrogens (primary N) is 1. The summed E-state index contributed by atoms with van der Waals surface area (Å²) in [5.74, 6) is -4.27. The lowest BCUT2D eigenvalue weighted by Crippen LogP contribution is -2.51. The normalized spacial score (nSPS) is 17.7. The van der Waals surface area contributed by atoms with E-state index in [4.69, 9.17) is 5.73 Å². The molecule has 7 nitrogen and oxygen atoms in total. The van der Waals surface area contributed by atoms with Crippen LogP contribution < -0.4 is 15.8 Å². The third-order valence-electron chi connectivity index (χ3n) is 5.19. The van der Waals surface area contributed by atoms with Crippen LogP contribution in [0.2, 0.25) is 0 Å². The lowest BCUT2D eigenvalue weighted by atomic mass is 10.0. The molecule has 0 saturated carbocycles. The number of rotatable bonds is 6. The highest BCUT2D eigenvalue weighted by atomic mass is 19.2. The van der Waals surface area contributed by atoms with Crippen molar-refractivity contribution in [2.75, 3.05) is 13.1 Å². The number of carbonyl (C=O) groups is 2. The van der Waals surface area contributed by atoms with E-state index in [1.807, 2.05) is 0 Å². The number of nitrogens with zero attached hydrogens (tertiary/aromatic N) is 2. The lowest BCUT2D eigenvalue weighted by molar-refractivity contribution is -0.614. The van der Waals surface area contributed by atoms with Crippen LogP contribution in [0.25, 0.3) is 0 Å². The van der Waals surface area contributed by atoms with Gasteiger partial charge in [-0.2, -0.15) is 4.73 Å². The number of hydrogen-bond donors (Lipinski definition) is 2. The summed E-state index contributed by atoms with van der Waals surface area (Å²) in [7, 11) is 0. The van der Waals surface area contributed by atoms with Crippen molar-refractivity contribution in [2.45, 2.75) is 37.8 Å². The quantitative estimate of drug-likeness (QED) is 0.400. The van der Waals surface area contributed by atoms with Gasteiger partial charge in [0.1, 0.15) is 11.9 Å². The van der Waals surface area contributed by atoms with Crippen LogP contribution in [0.1, 0.15) is 24.1 Å². The molecule has 0 bridgehead atoms. The largest absolute Gasteiger partial charge is 0.619 e. The second-order valence-electron chi connectivity index (χ2n) is 7.50. The summed E-state index contributed by atoms with van der Waals surface area (Å²) in [4.78, 5) is 26.9. The Labute approximate surface area is 177 Å². The molecule has 3 N–H and O–H groups in total. The monoisotopic (exact) mass is 436 g/mol. The molecule has 3 rings (SSSR count). The SMILES string of the molecule is N[C@@H](CC(=O)N1CCCNC(=O)[C@H]1Cc1cccc[n+]1[O-])Cc1cc(F)c(F)cc1F. The molecule has 1 fully saturated rings. The molecule has 2 amide bonds. The van der Waals surface area contributed by atoms with Crippen molar-refractivity contribution < 1.29 is 27.5 Å². The standard InChI is InChI=1S/C21H23F3N4O3/c22-16-12-18(24)17(23)9-13(16)8-14(25)10-20(29)27-6-3-5-26-21(30)19(27)11-15-4-1-2-7-28(15)31/h1-2,4,7,9,12,14,19H,3,5-6,8,10-11,25H2,(H,26,30)/t14-,19-/m1/s1. The van der Waals surface area contributed by atoms with Gasteiger partial charge in [-0.05, 0) is 24.5 Å². The highest BCUT2D eigenvalue weighted by molar-refractivity contribution is 5.88. The molecule has 10 heteroatoms. The van der Waals surface area contributed by atoms with E-state index in [-0.39, 0.29) is 37.3 Å². The van der Waals surface area contributed by atoms with E-state index in [1.54, 1.807) is 18.2 Å². The van der Waals surface area contributed by atoms with Crippen molar-refractivity contribution in [3.63, 3.8) is 0 Å². The first-order chi connectivity index (χ1) is 14.8. The van der Waals surface area contributed by atoms with E-state index >= 15 is 0 Å². The topological polar surface area (TPSA) is 102 Å². The highest BCUT2D eigenvalue weighted by Crippen LogP contribution is 2.17. The fraction of sp³-hybridized carbons (Fsp3) is 0.381. The highest BCUT2D eigenvalue weighted by Gasteiger charge is 2.34. The van der Waals surface area contributed by atoms with Crippen LogP contribution in [-0.2, 0) is 22.4 Å². The molecule has 2 atom stereocenters. The number of halogens is 3. The summed E-state index contributed by atoms with van der Waals surface area (Å²) in [6.45, 7) is 0.664. The number of aromatic nitrogens is 1. The molecule has 0 unspecified atom stereocenters. The smallest absolute Gasteiger partial charge is 0.243 e. The van der Waals surface area contributed by atoms with Crippen molar-refractivity contribution in [1.82, 2.24) is 10.2 Å². The molecule has 2 aromatic rings. The Kier molecular flexibility index (Phi) is 7.11. The second-order valence-corrected chi connectivity index (χ2v) is 7.50. The summed E-state index contributed by atoms with van der Waals surface area (Å²) in [6.07, 6.45) is 1.44. The van der Waals surface area contributed by atoms with Crippen LogP contribution in [0.5, 0.6) is 0 Å². The van der Waals surface area contributed by atoms with Crippen molar-refractivity contribution >= 4 is 11.8 Å². The van der Waals surface area contributed by atoms with Gasteiger partial charge in [-0.3, -0.25) is 9.59 Å². The minimum absolute atomic E-state index is 0.0228. The zero-order valence-corrected chi connectivity index (χ0v) is 16.7. The van der Waals surface area contributed by atoms with E-state index in [9.17, 15) is 28.0 Å². The van der Waals surface area contributed by atoms with E-state index < -0.39 is 35.4 Å². The summed E-state index contributed by atoms with van der Waals surface area (Å²) < 4.78 is 41.0. The number of hydrogen-bond acceptors (Lipinski definition) is 4. The summed E-state index contributed by atoms with van der Waals surface area (Å²) in [6, 6.07) is 4.18. The van der Waals surface area contributed by atoms with E-state index in [1.165, 1.54) is 11.1 Å². The Morgan fingerprint density at radius 3 is 2.74 bits per heavy atom. The summed E-state index contributed by atoms with van der Waals surface area (Å²) >= 11 is 0. The van der Waals surface area contributed by atoms with Gasteiger partial charge in [-0.25, -0.2) is 13.2 Å². The molecule has 31 heavy (non-hydrogen) atoms. The van der Waals surface area contributed by atoms with Crippen LogP contribution in [0, 0.1) is 22.7 Å². The Morgan fingerprint density at radius 2 is 2.00 bits per heavy atom. The maximum Gasteiger partial charge on any atom is 0.243 e. The molecule has 1 aromatic carbocycles. The minimum atomic E-state index is -1.30. The van der Waals surface area contributed by atoms with Crippen molar-refractivity contribution in [2.24, 2.45) is 5.73 Å². The van der Waals surface area contributed by atoms with Gasteiger partial charge in [0.25, 0.3) is 0 Å². The first-order valence-corrected chi connectivity index (χ1v) is 9.89. The van der Waals surface area contributed by atoms with Crippen molar-refractivity contribution in [1.29, 1.82) is 0 Å². The fourth-order valence-electron chi connectivity index (χ4n) is 3.61. The first kappa shape index (κ1) is 22.5. The maximum atomic E-state index is 13.9. The number of amides is 2. The Balaban J connectivity index is 1.73. The Morgan fingerprint density at radius 1 is 1.26 bits per heavy atom. The molecular formula is C21H23F3N4O3. The number of carbonyl (C=O) groups excluding carboxylic acids is 2. The summed E-state index contributed by atoms with van der Waals surface area (Å²) in [5.41, 5.74) is 6.17. The van der Waals surface area contributed by atoms with E-state index in [2.05, 4.69) is 5.32 Å². The van der Waals surface area contributed by atoms with Crippen molar-refractivity contribution in [3.8, 4) is 0 Å². The van der Waals surface area contributed by atoms with E-state index in [0.29, 0.717) is 29.5 Å². The first-order valence-electron chi connectivity index (χ1n) is 9.89. The average molecular weight is 436 g/mol. The number of pyridine rings is 1. The zero-order chi connectivity index (χ0) is 22.5. The number of nitrogens with one attached hydrogen (secondary N) is 1. The van der Waals surface area contributed by atoms with Gasteiger partial charge in [-0.15, -0.1) is 0 Å². The van der Waals surface area contributed by atoms with Crippen LogP contribution in [0.3, 0.4) is 0 Å². The third kappa shape index (κ3) is 5.52.